The third-order valence-corrected chi connectivity index (χ3v) is 1.42. The van der Waals surface area contributed by atoms with Crippen LogP contribution in [-0.2, 0) is 0 Å². The lowest BCUT2D eigenvalue weighted by atomic mass is 10.1. The van der Waals surface area contributed by atoms with Crippen molar-refractivity contribution in [2.45, 2.75) is 0 Å². The molecule has 82 valence electrons. The first kappa shape index (κ1) is 13.9. The molecule has 1 aromatic rings. The Balaban J connectivity index is 0.00000196. The van der Waals surface area contributed by atoms with Crippen molar-refractivity contribution in [3.05, 3.63) is 34.6 Å². The minimum atomic E-state index is -2.38. The second-order valence-electron chi connectivity index (χ2n) is 2.25. The largest absolute Gasteiger partial charge is 0.477 e. The van der Waals surface area contributed by atoms with Crippen LogP contribution < -0.4 is 0 Å². The summed E-state index contributed by atoms with van der Waals surface area (Å²) in [5, 5.41) is 8.15. The van der Waals surface area contributed by atoms with Gasteiger partial charge >= 0.3 is 5.97 Å². The summed E-state index contributed by atoms with van der Waals surface area (Å²) in [6, 6.07) is 0. The standard InChI is InChI=1S/C7HF5O2.Al.3H/c8-2-1(7(13)14)3(9)5(11)6(12)4(2)10;;;;/h(H,13,14);;;;. The molecule has 0 unspecified atom stereocenters. The summed E-state index contributed by atoms with van der Waals surface area (Å²) >= 11 is 0. The van der Waals surface area contributed by atoms with E-state index in [-0.39, 0.29) is 17.4 Å². The molecule has 0 heterocycles. The first-order valence-electron chi connectivity index (χ1n) is 3.12. The molecule has 0 saturated carbocycles. The van der Waals surface area contributed by atoms with Crippen LogP contribution in [0.4, 0.5) is 22.0 Å². The highest BCUT2D eigenvalue weighted by atomic mass is 27.0. The zero-order valence-electron chi connectivity index (χ0n) is 6.25. The van der Waals surface area contributed by atoms with Gasteiger partial charge in [0.2, 0.25) is 5.82 Å². The molecular formula is C7H4AlF5O2. The fourth-order valence-corrected chi connectivity index (χ4v) is 0.793. The lowest BCUT2D eigenvalue weighted by molar-refractivity contribution is 0.0682. The SMILES string of the molecule is O=C(O)c1c(F)c(F)c(F)c(F)c1F.[AlH3]. The van der Waals surface area contributed by atoms with Crippen LogP contribution in [-0.4, -0.2) is 28.4 Å². The van der Waals surface area contributed by atoms with Crippen LogP contribution in [0.3, 0.4) is 0 Å². The summed E-state index contributed by atoms with van der Waals surface area (Å²) in [5.74, 6) is -13.9. The van der Waals surface area contributed by atoms with E-state index in [0.717, 1.165) is 0 Å². The second-order valence-corrected chi connectivity index (χ2v) is 2.25. The highest BCUT2D eigenvalue weighted by molar-refractivity contribution is 5.88. The van der Waals surface area contributed by atoms with Gasteiger partial charge < -0.3 is 5.11 Å². The van der Waals surface area contributed by atoms with Gasteiger partial charge in [0, 0.05) is 0 Å². The van der Waals surface area contributed by atoms with E-state index >= 15 is 0 Å². The minimum Gasteiger partial charge on any atom is -0.477 e. The Morgan fingerprint density at radius 2 is 1.07 bits per heavy atom. The van der Waals surface area contributed by atoms with Crippen LogP contribution in [0.1, 0.15) is 10.4 Å². The molecule has 0 aliphatic carbocycles. The fraction of sp³-hybridized carbons (Fsp3) is 0. The number of benzene rings is 1. The smallest absolute Gasteiger partial charge is 0.341 e. The molecule has 1 aromatic carbocycles. The molecule has 0 fully saturated rings. The van der Waals surface area contributed by atoms with Crippen molar-refractivity contribution in [1.29, 1.82) is 0 Å². The Bertz CT molecular complexity index is 391. The van der Waals surface area contributed by atoms with Crippen LogP contribution in [0, 0.1) is 29.1 Å². The maximum atomic E-state index is 12.6. The lowest BCUT2D eigenvalue weighted by Crippen LogP contribution is -2.11. The molecule has 0 aliphatic heterocycles. The van der Waals surface area contributed by atoms with Crippen molar-refractivity contribution in [1.82, 2.24) is 0 Å². The van der Waals surface area contributed by atoms with Gasteiger partial charge in [-0.15, -0.1) is 0 Å². The average Bonchev–Trinajstić information content (AvgIpc) is 2.11. The summed E-state index contributed by atoms with van der Waals surface area (Å²) in [5.41, 5.74) is -1.86. The van der Waals surface area contributed by atoms with Gasteiger partial charge in [-0.2, -0.15) is 0 Å². The van der Waals surface area contributed by atoms with E-state index in [2.05, 4.69) is 0 Å². The minimum absolute atomic E-state index is 0. The summed E-state index contributed by atoms with van der Waals surface area (Å²) < 4.78 is 62.1. The molecule has 0 radical (unpaired) electrons. The number of carboxylic acid groups (broad SMARTS) is 1. The predicted octanol–water partition coefficient (Wildman–Crippen LogP) is 0.896. The van der Waals surface area contributed by atoms with Crippen molar-refractivity contribution in [2.24, 2.45) is 0 Å². The maximum absolute atomic E-state index is 12.6. The molecule has 0 atom stereocenters. The second kappa shape index (κ2) is 4.59. The van der Waals surface area contributed by atoms with E-state index in [4.69, 9.17) is 5.11 Å². The Kier molecular flexibility index (Phi) is 4.25. The monoisotopic (exact) mass is 242 g/mol. The molecule has 8 heteroatoms. The molecule has 2 nitrogen and oxygen atoms in total. The van der Waals surface area contributed by atoms with Gasteiger partial charge in [0.05, 0.1) is 0 Å². The topological polar surface area (TPSA) is 37.3 Å². The summed E-state index contributed by atoms with van der Waals surface area (Å²) in [6.45, 7) is 0. The predicted molar refractivity (Wildman–Crippen MR) is 43.1 cm³/mol. The first-order valence-corrected chi connectivity index (χ1v) is 3.12. The fourth-order valence-electron chi connectivity index (χ4n) is 0.793. The quantitative estimate of drug-likeness (QED) is 0.344. The molecule has 15 heavy (non-hydrogen) atoms. The normalized spacial score (nSPS) is 9.67. The van der Waals surface area contributed by atoms with E-state index in [1.165, 1.54) is 0 Å². The zero-order chi connectivity index (χ0) is 11.0. The Hall–Kier alpha value is -1.13. The highest BCUT2D eigenvalue weighted by Crippen LogP contribution is 2.22. The van der Waals surface area contributed by atoms with Gasteiger partial charge in [0.15, 0.2) is 40.6 Å². The Morgan fingerprint density at radius 1 is 0.800 bits per heavy atom. The summed E-state index contributed by atoms with van der Waals surface area (Å²) in [7, 11) is 0. The molecule has 0 saturated heterocycles. The van der Waals surface area contributed by atoms with Crippen LogP contribution >= 0.6 is 0 Å². The number of carboxylic acids is 1. The van der Waals surface area contributed by atoms with Crippen LogP contribution in [0.15, 0.2) is 0 Å². The molecule has 0 amide bonds. The number of rotatable bonds is 1. The Labute approximate surface area is 90.5 Å². The summed E-state index contributed by atoms with van der Waals surface area (Å²) in [4.78, 5) is 10.1. The number of halogens is 5. The van der Waals surface area contributed by atoms with Crippen LogP contribution in [0.25, 0.3) is 0 Å². The van der Waals surface area contributed by atoms with Crippen molar-refractivity contribution in [3.63, 3.8) is 0 Å². The van der Waals surface area contributed by atoms with E-state index in [1.807, 2.05) is 0 Å². The van der Waals surface area contributed by atoms with Gasteiger partial charge in [0.25, 0.3) is 0 Å². The third kappa shape index (κ3) is 2.11. The number of aromatic carboxylic acids is 1. The number of carbonyl (C=O) groups is 1. The zero-order valence-corrected chi connectivity index (χ0v) is 6.25. The van der Waals surface area contributed by atoms with Crippen molar-refractivity contribution >= 4 is 23.3 Å². The van der Waals surface area contributed by atoms with Gasteiger partial charge in [-0.25, -0.2) is 26.7 Å². The molecule has 0 spiro atoms. The molecular weight excluding hydrogens is 238 g/mol. The molecule has 0 bridgehead atoms. The maximum Gasteiger partial charge on any atom is 0.341 e. The molecule has 0 aliphatic rings. The van der Waals surface area contributed by atoms with Gasteiger partial charge in [0.1, 0.15) is 5.56 Å². The van der Waals surface area contributed by atoms with Crippen LogP contribution in [0.2, 0.25) is 0 Å². The van der Waals surface area contributed by atoms with Gasteiger partial charge in [-0.3, -0.25) is 0 Å². The van der Waals surface area contributed by atoms with Crippen molar-refractivity contribution in [2.75, 3.05) is 0 Å². The molecule has 0 aromatic heterocycles. The van der Waals surface area contributed by atoms with Crippen LogP contribution in [0.5, 0.6) is 0 Å². The third-order valence-electron chi connectivity index (χ3n) is 1.42. The van der Waals surface area contributed by atoms with Gasteiger partial charge in [-0.1, -0.05) is 0 Å². The van der Waals surface area contributed by atoms with Crippen molar-refractivity contribution in [3.8, 4) is 0 Å². The van der Waals surface area contributed by atoms with E-state index < -0.39 is 40.6 Å². The Morgan fingerprint density at radius 3 is 1.33 bits per heavy atom. The summed E-state index contributed by atoms with van der Waals surface area (Å²) in [6.07, 6.45) is 0. The lowest BCUT2D eigenvalue weighted by Gasteiger charge is -2.03. The first-order chi connectivity index (χ1) is 6.37. The highest BCUT2D eigenvalue weighted by Gasteiger charge is 2.29. The van der Waals surface area contributed by atoms with Gasteiger partial charge in [-0.05, 0) is 0 Å². The number of hydrogen-bond donors (Lipinski definition) is 1. The molecule has 1 rings (SSSR count). The van der Waals surface area contributed by atoms with Crippen molar-refractivity contribution < 1.29 is 31.9 Å². The van der Waals surface area contributed by atoms with E-state index in [9.17, 15) is 26.7 Å². The number of hydrogen-bond acceptors (Lipinski definition) is 1. The van der Waals surface area contributed by atoms with E-state index in [0.29, 0.717) is 0 Å². The average molecular weight is 242 g/mol. The molecule has 1 N–H and O–H groups in total. The van der Waals surface area contributed by atoms with E-state index in [1.54, 1.807) is 0 Å².